The van der Waals surface area contributed by atoms with E-state index >= 15 is 0 Å². The molecule has 2 aliphatic rings. The molecule has 2 amide bonds. The topological polar surface area (TPSA) is 90.9 Å². The fraction of sp³-hybridized carbons (Fsp3) is 0.400. The predicted octanol–water partition coefficient (Wildman–Crippen LogP) is 1.40. The molecule has 0 unspecified atom stereocenters. The summed E-state index contributed by atoms with van der Waals surface area (Å²) in [6, 6.07) is 4.77. The van der Waals surface area contributed by atoms with E-state index in [9.17, 15) is 14.0 Å². The lowest BCUT2D eigenvalue weighted by atomic mass is 10.2. The number of carbonyl (C=O) groups is 2. The highest BCUT2D eigenvalue weighted by molar-refractivity contribution is 5.90. The van der Waals surface area contributed by atoms with Crippen molar-refractivity contribution in [2.24, 2.45) is 0 Å². The molecule has 2 aliphatic heterocycles. The zero-order valence-corrected chi connectivity index (χ0v) is 16.6. The van der Waals surface area contributed by atoms with Crippen LogP contribution in [0.3, 0.4) is 0 Å². The summed E-state index contributed by atoms with van der Waals surface area (Å²) in [6.07, 6.45) is 4.03. The van der Waals surface area contributed by atoms with Gasteiger partial charge in [0.05, 0.1) is 42.5 Å². The second kappa shape index (κ2) is 8.52. The molecule has 0 aliphatic carbocycles. The normalized spacial score (nSPS) is 19.1. The van der Waals surface area contributed by atoms with Gasteiger partial charge in [-0.3, -0.25) is 9.69 Å². The summed E-state index contributed by atoms with van der Waals surface area (Å²) in [5.74, 6) is -0.582. The number of nitrogens with one attached hydrogen (secondary N) is 1. The number of hydrogen-bond donors (Lipinski definition) is 1. The third kappa shape index (κ3) is 4.27. The number of aromatic nitrogens is 2. The molecule has 0 bridgehead atoms. The van der Waals surface area contributed by atoms with Crippen molar-refractivity contribution < 1.29 is 18.7 Å². The average Bonchev–Trinajstić information content (AvgIpc) is 3.13. The number of cyclic esters (lactones) is 1. The highest BCUT2D eigenvalue weighted by Crippen LogP contribution is 2.29. The Bertz CT molecular complexity index is 920. The molecule has 1 aromatic carbocycles. The number of anilines is 3. The quantitative estimate of drug-likeness (QED) is 0.791. The van der Waals surface area contributed by atoms with Crippen molar-refractivity contribution in [3.8, 4) is 0 Å². The van der Waals surface area contributed by atoms with Gasteiger partial charge in [-0.05, 0) is 18.2 Å². The van der Waals surface area contributed by atoms with E-state index in [1.165, 1.54) is 24.2 Å². The van der Waals surface area contributed by atoms with Crippen molar-refractivity contribution in [1.29, 1.82) is 0 Å². The second-order valence-electron chi connectivity index (χ2n) is 7.26. The predicted molar refractivity (Wildman–Crippen MR) is 109 cm³/mol. The summed E-state index contributed by atoms with van der Waals surface area (Å²) >= 11 is 0. The van der Waals surface area contributed by atoms with E-state index in [-0.39, 0.29) is 24.8 Å². The minimum atomic E-state index is -0.545. The fourth-order valence-corrected chi connectivity index (χ4v) is 3.68. The molecule has 158 valence electrons. The smallest absolute Gasteiger partial charge is 0.414 e. The number of benzene rings is 1. The van der Waals surface area contributed by atoms with E-state index < -0.39 is 12.2 Å². The van der Waals surface area contributed by atoms with Gasteiger partial charge in [-0.2, -0.15) is 0 Å². The van der Waals surface area contributed by atoms with Crippen LogP contribution < -0.4 is 20.0 Å². The first-order chi connectivity index (χ1) is 14.5. The summed E-state index contributed by atoms with van der Waals surface area (Å²) in [4.78, 5) is 36.8. The average molecular weight is 414 g/mol. The lowest BCUT2D eigenvalue weighted by Gasteiger charge is -2.37. The summed E-state index contributed by atoms with van der Waals surface area (Å²) in [6.45, 7) is 4.68. The molecule has 1 atom stereocenters. The molecule has 10 heteroatoms. The standard InChI is InChI=1S/C20H23FN6O3/c1-14(28)24-11-17-12-27(20(29)30-17)15-2-3-19(18(21)8-15)26-6-4-25(5-7-26)16-9-22-13-23-10-16/h2-3,8-10,13,17H,4-7,11-12H2,1H3,(H,24,28)/t17-/m0/s1. The monoisotopic (exact) mass is 414 g/mol. The van der Waals surface area contributed by atoms with Crippen molar-refractivity contribution in [2.75, 3.05) is 54.0 Å². The Labute approximate surface area is 173 Å². The van der Waals surface area contributed by atoms with Crippen molar-refractivity contribution in [1.82, 2.24) is 15.3 Å². The van der Waals surface area contributed by atoms with E-state index in [4.69, 9.17) is 4.74 Å². The third-order valence-electron chi connectivity index (χ3n) is 5.23. The van der Waals surface area contributed by atoms with Gasteiger partial charge in [0, 0.05) is 33.1 Å². The molecule has 1 aromatic heterocycles. The molecule has 9 nitrogen and oxygen atoms in total. The SMILES string of the molecule is CC(=O)NC[C@H]1CN(c2ccc(N3CCN(c4cncnc4)CC3)c(F)c2)C(=O)O1. The lowest BCUT2D eigenvalue weighted by molar-refractivity contribution is -0.119. The van der Waals surface area contributed by atoms with Gasteiger partial charge in [-0.1, -0.05) is 0 Å². The molecule has 2 aromatic rings. The number of ether oxygens (including phenoxy) is 1. The van der Waals surface area contributed by atoms with Crippen molar-refractivity contribution in [3.05, 3.63) is 42.7 Å². The first-order valence-electron chi connectivity index (χ1n) is 9.78. The second-order valence-corrected chi connectivity index (χ2v) is 7.26. The van der Waals surface area contributed by atoms with Crippen LogP contribution in [0.1, 0.15) is 6.92 Å². The van der Waals surface area contributed by atoms with Gasteiger partial charge in [0.15, 0.2) is 0 Å². The van der Waals surface area contributed by atoms with Crippen molar-refractivity contribution >= 4 is 29.1 Å². The lowest BCUT2D eigenvalue weighted by Crippen LogP contribution is -2.46. The number of nitrogens with zero attached hydrogens (tertiary/aromatic N) is 5. The van der Waals surface area contributed by atoms with Crippen LogP contribution in [-0.4, -0.2) is 67.3 Å². The number of hydrogen-bond acceptors (Lipinski definition) is 7. The molecule has 30 heavy (non-hydrogen) atoms. The van der Waals surface area contributed by atoms with Gasteiger partial charge in [0.1, 0.15) is 18.2 Å². The molecule has 1 N–H and O–H groups in total. The van der Waals surface area contributed by atoms with Crippen LogP contribution in [-0.2, 0) is 9.53 Å². The van der Waals surface area contributed by atoms with Crippen LogP contribution in [0.25, 0.3) is 0 Å². The first kappa shape index (κ1) is 19.9. The van der Waals surface area contributed by atoms with Crippen molar-refractivity contribution in [2.45, 2.75) is 13.0 Å². The van der Waals surface area contributed by atoms with Gasteiger partial charge in [0.25, 0.3) is 0 Å². The Kier molecular flexibility index (Phi) is 5.64. The highest BCUT2D eigenvalue weighted by atomic mass is 19.1. The third-order valence-corrected chi connectivity index (χ3v) is 5.23. The van der Waals surface area contributed by atoms with Gasteiger partial charge < -0.3 is 19.9 Å². The Morgan fingerprint density at radius 3 is 2.53 bits per heavy atom. The maximum absolute atomic E-state index is 14.9. The highest BCUT2D eigenvalue weighted by Gasteiger charge is 2.33. The van der Waals surface area contributed by atoms with Crippen LogP contribution in [0.15, 0.2) is 36.9 Å². The zero-order chi connectivity index (χ0) is 21.1. The van der Waals surface area contributed by atoms with Crippen LogP contribution in [0.2, 0.25) is 0 Å². The van der Waals surface area contributed by atoms with Crippen LogP contribution >= 0.6 is 0 Å². The molecule has 0 saturated carbocycles. The van der Waals surface area contributed by atoms with E-state index in [0.717, 1.165) is 18.8 Å². The number of rotatable bonds is 5. The minimum absolute atomic E-state index is 0.195. The Balaban J connectivity index is 1.39. The molecule has 2 fully saturated rings. The number of amides is 2. The van der Waals surface area contributed by atoms with E-state index in [1.54, 1.807) is 24.5 Å². The van der Waals surface area contributed by atoms with Gasteiger partial charge in [-0.25, -0.2) is 19.2 Å². The Morgan fingerprint density at radius 2 is 1.87 bits per heavy atom. The molecule has 0 radical (unpaired) electrons. The van der Waals surface area contributed by atoms with Gasteiger partial charge in [-0.15, -0.1) is 0 Å². The van der Waals surface area contributed by atoms with E-state index in [0.29, 0.717) is 24.5 Å². The van der Waals surface area contributed by atoms with Gasteiger partial charge >= 0.3 is 6.09 Å². The maximum atomic E-state index is 14.9. The molecular formula is C20H23FN6O3. The summed E-state index contributed by atoms with van der Waals surface area (Å²) in [5.41, 5.74) is 1.89. The molecule has 0 spiro atoms. The Hall–Kier alpha value is -3.43. The number of halogens is 1. The minimum Gasteiger partial charge on any atom is -0.442 e. The van der Waals surface area contributed by atoms with Crippen LogP contribution in [0.4, 0.5) is 26.2 Å². The zero-order valence-electron chi connectivity index (χ0n) is 16.6. The first-order valence-corrected chi connectivity index (χ1v) is 9.78. The van der Waals surface area contributed by atoms with Crippen LogP contribution in [0.5, 0.6) is 0 Å². The number of carbonyl (C=O) groups excluding carboxylic acids is 2. The molecule has 3 heterocycles. The largest absolute Gasteiger partial charge is 0.442 e. The van der Waals surface area contributed by atoms with E-state index in [2.05, 4.69) is 20.2 Å². The summed E-state index contributed by atoms with van der Waals surface area (Å²) in [7, 11) is 0. The van der Waals surface area contributed by atoms with Crippen LogP contribution in [0, 0.1) is 5.82 Å². The molecule has 4 rings (SSSR count). The molecular weight excluding hydrogens is 391 g/mol. The summed E-state index contributed by atoms with van der Waals surface area (Å²) < 4.78 is 20.1. The van der Waals surface area contributed by atoms with Gasteiger partial charge in [0.2, 0.25) is 5.91 Å². The summed E-state index contributed by atoms with van der Waals surface area (Å²) in [5, 5.41) is 2.62. The maximum Gasteiger partial charge on any atom is 0.414 e. The Morgan fingerprint density at radius 1 is 1.17 bits per heavy atom. The fourth-order valence-electron chi connectivity index (χ4n) is 3.68. The van der Waals surface area contributed by atoms with Crippen molar-refractivity contribution in [3.63, 3.8) is 0 Å². The number of piperazine rings is 1. The van der Waals surface area contributed by atoms with E-state index in [1.807, 2.05) is 4.90 Å². The molecule has 2 saturated heterocycles.